The van der Waals surface area contributed by atoms with Gasteiger partial charge in [0.1, 0.15) is 11.6 Å². The molecular formula is C13H11BrF2N2. The van der Waals surface area contributed by atoms with Gasteiger partial charge in [-0.15, -0.1) is 0 Å². The minimum absolute atomic E-state index is 0.261. The Morgan fingerprint density at radius 2 is 2.00 bits per heavy atom. The van der Waals surface area contributed by atoms with Crippen molar-refractivity contribution in [3.05, 3.63) is 63.9 Å². The highest BCUT2D eigenvalue weighted by molar-refractivity contribution is 9.10. The van der Waals surface area contributed by atoms with Gasteiger partial charge in [0, 0.05) is 22.4 Å². The highest BCUT2D eigenvalue weighted by atomic mass is 79.9. The van der Waals surface area contributed by atoms with E-state index in [-0.39, 0.29) is 5.56 Å². The summed E-state index contributed by atoms with van der Waals surface area (Å²) in [6, 6.07) is 4.80. The fourth-order valence-electron chi connectivity index (χ4n) is 1.82. The molecular weight excluding hydrogens is 302 g/mol. The number of hydrogen-bond donors (Lipinski definition) is 1. The number of nitrogens with zero attached hydrogens (tertiary/aromatic N) is 1. The third-order valence-corrected chi connectivity index (χ3v) is 3.05. The first-order valence-corrected chi connectivity index (χ1v) is 6.14. The van der Waals surface area contributed by atoms with Gasteiger partial charge in [0.05, 0.1) is 6.04 Å². The van der Waals surface area contributed by atoms with E-state index in [1.54, 1.807) is 19.4 Å². The lowest BCUT2D eigenvalue weighted by Crippen LogP contribution is -2.19. The minimum atomic E-state index is -0.463. The SMILES string of the molecule is CNC(c1cncc(Br)c1)c1cc(F)ccc1F. The molecule has 94 valence electrons. The first-order valence-electron chi connectivity index (χ1n) is 5.34. The number of aromatic nitrogens is 1. The molecule has 0 saturated heterocycles. The fraction of sp³-hybridized carbons (Fsp3) is 0.154. The van der Waals surface area contributed by atoms with E-state index in [0.717, 1.165) is 22.2 Å². The summed E-state index contributed by atoms with van der Waals surface area (Å²) >= 11 is 3.31. The minimum Gasteiger partial charge on any atom is -0.309 e. The van der Waals surface area contributed by atoms with Gasteiger partial charge in [0.15, 0.2) is 0 Å². The van der Waals surface area contributed by atoms with Crippen LogP contribution >= 0.6 is 15.9 Å². The van der Waals surface area contributed by atoms with Crippen molar-refractivity contribution >= 4 is 15.9 Å². The molecule has 0 aliphatic heterocycles. The molecule has 0 radical (unpaired) electrons. The summed E-state index contributed by atoms with van der Waals surface area (Å²) in [7, 11) is 1.69. The maximum absolute atomic E-state index is 13.8. The van der Waals surface area contributed by atoms with Crippen LogP contribution in [0.15, 0.2) is 41.1 Å². The predicted molar refractivity (Wildman–Crippen MR) is 69.2 cm³/mol. The van der Waals surface area contributed by atoms with Crippen molar-refractivity contribution < 1.29 is 8.78 Å². The van der Waals surface area contributed by atoms with E-state index >= 15 is 0 Å². The van der Waals surface area contributed by atoms with Gasteiger partial charge in [-0.05, 0) is 52.8 Å². The molecule has 0 spiro atoms. The average Bonchev–Trinajstić information content (AvgIpc) is 2.35. The summed E-state index contributed by atoms with van der Waals surface area (Å²) in [6.07, 6.45) is 3.26. The topological polar surface area (TPSA) is 24.9 Å². The molecule has 2 aromatic rings. The van der Waals surface area contributed by atoms with E-state index < -0.39 is 17.7 Å². The van der Waals surface area contributed by atoms with Crippen LogP contribution in [0, 0.1) is 11.6 Å². The molecule has 5 heteroatoms. The lowest BCUT2D eigenvalue weighted by Gasteiger charge is -2.17. The Balaban J connectivity index is 2.48. The van der Waals surface area contributed by atoms with Crippen molar-refractivity contribution in [2.45, 2.75) is 6.04 Å². The molecule has 1 aromatic heterocycles. The number of hydrogen-bond acceptors (Lipinski definition) is 2. The van der Waals surface area contributed by atoms with Crippen molar-refractivity contribution in [2.24, 2.45) is 0 Å². The highest BCUT2D eigenvalue weighted by Gasteiger charge is 2.17. The lowest BCUT2D eigenvalue weighted by atomic mass is 10.00. The number of pyridine rings is 1. The Labute approximate surface area is 112 Å². The summed E-state index contributed by atoms with van der Waals surface area (Å²) < 4.78 is 27.8. The second kappa shape index (κ2) is 5.54. The van der Waals surface area contributed by atoms with Crippen LogP contribution in [0.25, 0.3) is 0 Å². The van der Waals surface area contributed by atoms with Crippen LogP contribution in [-0.2, 0) is 0 Å². The Hall–Kier alpha value is -1.33. The summed E-state index contributed by atoms with van der Waals surface area (Å²) in [5, 5.41) is 2.96. The molecule has 0 fully saturated rings. The Kier molecular flexibility index (Phi) is 4.04. The second-order valence-electron chi connectivity index (χ2n) is 3.82. The van der Waals surface area contributed by atoms with Crippen molar-refractivity contribution in [3.63, 3.8) is 0 Å². The van der Waals surface area contributed by atoms with E-state index in [1.807, 2.05) is 6.07 Å². The smallest absolute Gasteiger partial charge is 0.128 e. The molecule has 1 heterocycles. The predicted octanol–water partition coefficient (Wildman–Crippen LogP) is 3.43. The summed E-state index contributed by atoms with van der Waals surface area (Å²) in [5.74, 6) is -0.912. The van der Waals surface area contributed by atoms with Gasteiger partial charge >= 0.3 is 0 Å². The van der Waals surface area contributed by atoms with Gasteiger partial charge in [-0.3, -0.25) is 4.98 Å². The van der Waals surface area contributed by atoms with Crippen LogP contribution in [0.5, 0.6) is 0 Å². The van der Waals surface area contributed by atoms with Crippen molar-refractivity contribution in [2.75, 3.05) is 7.05 Å². The fourth-order valence-corrected chi connectivity index (χ4v) is 2.21. The van der Waals surface area contributed by atoms with Gasteiger partial charge in [-0.1, -0.05) is 0 Å². The first kappa shape index (κ1) is 13.1. The standard InChI is InChI=1S/C13H11BrF2N2/c1-17-13(8-4-9(14)7-18-6-8)11-5-10(15)2-3-12(11)16/h2-7,13,17H,1H3. The van der Waals surface area contributed by atoms with Crippen LogP contribution in [0.4, 0.5) is 8.78 Å². The average molecular weight is 313 g/mol. The summed E-state index contributed by atoms with van der Waals surface area (Å²) in [6.45, 7) is 0. The third kappa shape index (κ3) is 2.73. The van der Waals surface area contributed by atoms with E-state index in [0.29, 0.717) is 0 Å². The molecule has 0 saturated carbocycles. The Morgan fingerprint density at radius 3 is 2.67 bits per heavy atom. The van der Waals surface area contributed by atoms with Gasteiger partial charge in [0.2, 0.25) is 0 Å². The zero-order valence-electron chi connectivity index (χ0n) is 9.62. The maximum atomic E-state index is 13.8. The number of nitrogens with one attached hydrogen (secondary N) is 1. The number of benzene rings is 1. The Morgan fingerprint density at radius 1 is 1.22 bits per heavy atom. The molecule has 1 unspecified atom stereocenters. The molecule has 2 rings (SSSR count). The molecule has 18 heavy (non-hydrogen) atoms. The van der Waals surface area contributed by atoms with E-state index in [4.69, 9.17) is 0 Å². The van der Waals surface area contributed by atoms with Crippen molar-refractivity contribution in [3.8, 4) is 0 Å². The van der Waals surface area contributed by atoms with Crippen LogP contribution in [0.3, 0.4) is 0 Å². The molecule has 0 aliphatic carbocycles. The maximum Gasteiger partial charge on any atom is 0.128 e. The largest absolute Gasteiger partial charge is 0.309 e. The van der Waals surface area contributed by atoms with Crippen molar-refractivity contribution in [1.29, 1.82) is 0 Å². The van der Waals surface area contributed by atoms with Crippen molar-refractivity contribution in [1.82, 2.24) is 10.3 Å². The second-order valence-corrected chi connectivity index (χ2v) is 4.74. The van der Waals surface area contributed by atoms with Crippen LogP contribution in [-0.4, -0.2) is 12.0 Å². The summed E-state index contributed by atoms with van der Waals surface area (Å²) in [4.78, 5) is 4.03. The molecule has 0 aliphatic rings. The quantitative estimate of drug-likeness (QED) is 0.939. The zero-order valence-corrected chi connectivity index (χ0v) is 11.2. The van der Waals surface area contributed by atoms with E-state index in [1.165, 1.54) is 6.07 Å². The van der Waals surface area contributed by atoms with Gasteiger partial charge in [-0.2, -0.15) is 0 Å². The monoisotopic (exact) mass is 312 g/mol. The lowest BCUT2D eigenvalue weighted by molar-refractivity contribution is 0.557. The van der Waals surface area contributed by atoms with Gasteiger partial charge in [-0.25, -0.2) is 8.78 Å². The first-order chi connectivity index (χ1) is 8.61. The number of rotatable bonds is 3. The van der Waals surface area contributed by atoms with Crippen LogP contribution in [0.2, 0.25) is 0 Å². The molecule has 0 amide bonds. The normalized spacial score (nSPS) is 12.4. The third-order valence-electron chi connectivity index (χ3n) is 2.62. The van der Waals surface area contributed by atoms with E-state index in [9.17, 15) is 8.78 Å². The van der Waals surface area contributed by atoms with E-state index in [2.05, 4.69) is 26.2 Å². The molecule has 0 bridgehead atoms. The Bertz CT molecular complexity index is 560. The van der Waals surface area contributed by atoms with Crippen LogP contribution < -0.4 is 5.32 Å². The molecule has 2 nitrogen and oxygen atoms in total. The molecule has 1 atom stereocenters. The van der Waals surface area contributed by atoms with Gasteiger partial charge in [0.25, 0.3) is 0 Å². The number of halogens is 3. The van der Waals surface area contributed by atoms with Gasteiger partial charge < -0.3 is 5.32 Å². The zero-order chi connectivity index (χ0) is 13.1. The molecule has 1 aromatic carbocycles. The summed E-state index contributed by atoms with van der Waals surface area (Å²) in [5.41, 5.74) is 1.02. The highest BCUT2D eigenvalue weighted by Crippen LogP contribution is 2.26. The molecule has 1 N–H and O–H groups in total. The van der Waals surface area contributed by atoms with Crippen LogP contribution in [0.1, 0.15) is 17.2 Å².